The van der Waals surface area contributed by atoms with Gasteiger partial charge in [-0.3, -0.25) is 4.79 Å². The lowest BCUT2D eigenvalue weighted by molar-refractivity contribution is -0.137. The van der Waals surface area contributed by atoms with Crippen molar-refractivity contribution >= 4 is 27.7 Å². The number of nitrogens with one attached hydrogen (secondary N) is 1. The molecule has 0 saturated carbocycles. The van der Waals surface area contributed by atoms with Crippen LogP contribution >= 0.6 is 0 Å². The summed E-state index contributed by atoms with van der Waals surface area (Å²) in [4.78, 5) is 17.7. The summed E-state index contributed by atoms with van der Waals surface area (Å²) in [5.74, 6) is 1.05. The second-order valence-corrected chi connectivity index (χ2v) is 10.3. The summed E-state index contributed by atoms with van der Waals surface area (Å²) < 4.78 is 47.4. The number of benzene rings is 5. The van der Waals surface area contributed by atoms with E-state index in [4.69, 9.17) is 9.72 Å². The fourth-order valence-electron chi connectivity index (χ4n) is 5.06. The highest BCUT2D eigenvalue weighted by atomic mass is 19.4. The van der Waals surface area contributed by atoms with Crippen LogP contribution in [0.5, 0.6) is 5.75 Å². The van der Waals surface area contributed by atoms with Crippen LogP contribution in [0.2, 0.25) is 0 Å². The Kier molecular flexibility index (Phi) is 7.83. The minimum atomic E-state index is -4.41. The van der Waals surface area contributed by atoms with Gasteiger partial charge in [0.2, 0.25) is 0 Å². The number of hydrogen-bond acceptors (Lipinski definition) is 3. The SMILES string of the molecule is O=C(NCCc1ccccc1)c1ccc2c(c1)nc(COc1ccc3ccccc3c1)n2Cc1ccc(C(F)(F)F)cc1. The van der Waals surface area contributed by atoms with E-state index >= 15 is 0 Å². The van der Waals surface area contributed by atoms with Gasteiger partial charge in [0, 0.05) is 18.7 Å². The Morgan fingerprint density at radius 1 is 0.791 bits per heavy atom. The Morgan fingerprint density at radius 3 is 2.30 bits per heavy atom. The zero-order valence-corrected chi connectivity index (χ0v) is 23.1. The topological polar surface area (TPSA) is 56.1 Å². The molecule has 1 amide bonds. The normalized spacial score (nSPS) is 11.6. The number of hydrogen-bond donors (Lipinski definition) is 1. The Hall–Kier alpha value is -5.11. The first-order valence-electron chi connectivity index (χ1n) is 13.9. The van der Waals surface area contributed by atoms with Crippen molar-refractivity contribution in [1.82, 2.24) is 14.9 Å². The monoisotopic (exact) mass is 579 g/mol. The molecular formula is C35H28F3N3O2. The number of amides is 1. The summed E-state index contributed by atoms with van der Waals surface area (Å²) >= 11 is 0. The molecule has 0 bridgehead atoms. The van der Waals surface area contributed by atoms with E-state index in [1.807, 2.05) is 83.4 Å². The van der Waals surface area contributed by atoms with Crippen molar-refractivity contribution < 1.29 is 22.7 Å². The standard InChI is InChI=1S/C35H28F3N3O2/c36-35(37,38)29-14-10-25(11-15-29)22-41-32-17-13-28(34(42)39-19-18-24-6-2-1-3-7-24)21-31(32)40-33(41)23-43-30-16-12-26-8-4-5-9-27(26)20-30/h1-17,20-21H,18-19,22-23H2,(H,39,42). The molecule has 6 rings (SSSR count). The van der Waals surface area contributed by atoms with E-state index in [1.54, 1.807) is 12.1 Å². The highest BCUT2D eigenvalue weighted by Gasteiger charge is 2.30. The number of fused-ring (bicyclic) bond motifs is 2. The van der Waals surface area contributed by atoms with E-state index in [0.29, 0.717) is 41.2 Å². The van der Waals surface area contributed by atoms with E-state index in [9.17, 15) is 18.0 Å². The van der Waals surface area contributed by atoms with Crippen LogP contribution in [0.4, 0.5) is 13.2 Å². The maximum atomic E-state index is 13.1. The highest BCUT2D eigenvalue weighted by Crippen LogP contribution is 2.30. The average molecular weight is 580 g/mol. The van der Waals surface area contributed by atoms with Gasteiger partial charge in [-0.05, 0) is 70.8 Å². The van der Waals surface area contributed by atoms with Crippen LogP contribution in [-0.2, 0) is 25.7 Å². The molecule has 0 aliphatic carbocycles. The number of nitrogens with zero attached hydrogens (tertiary/aromatic N) is 2. The molecule has 1 aromatic heterocycles. The van der Waals surface area contributed by atoms with E-state index in [1.165, 1.54) is 12.1 Å². The largest absolute Gasteiger partial charge is 0.486 e. The molecule has 0 aliphatic rings. The molecule has 1 heterocycles. The van der Waals surface area contributed by atoms with Crippen molar-refractivity contribution in [1.29, 1.82) is 0 Å². The maximum absolute atomic E-state index is 13.1. The number of halogens is 3. The molecule has 216 valence electrons. The quantitative estimate of drug-likeness (QED) is 0.190. The molecule has 0 aliphatic heterocycles. The summed E-state index contributed by atoms with van der Waals surface area (Å²) in [5.41, 5.74) is 2.94. The second kappa shape index (κ2) is 12.0. The van der Waals surface area contributed by atoms with Crippen LogP contribution in [0, 0.1) is 0 Å². The number of imidazole rings is 1. The molecule has 0 radical (unpaired) electrons. The van der Waals surface area contributed by atoms with Crippen molar-refractivity contribution in [3.63, 3.8) is 0 Å². The smallest absolute Gasteiger partial charge is 0.416 e. The Morgan fingerprint density at radius 2 is 1.53 bits per heavy atom. The van der Waals surface area contributed by atoms with E-state index < -0.39 is 11.7 Å². The fourth-order valence-corrected chi connectivity index (χ4v) is 5.06. The van der Waals surface area contributed by atoms with Crippen LogP contribution in [0.15, 0.2) is 115 Å². The number of aromatic nitrogens is 2. The first kappa shape index (κ1) is 28.0. The predicted octanol–water partition coefficient (Wildman–Crippen LogP) is 7.81. The first-order chi connectivity index (χ1) is 20.8. The van der Waals surface area contributed by atoms with Crippen molar-refractivity contribution in [2.75, 3.05) is 6.54 Å². The van der Waals surface area contributed by atoms with Gasteiger partial charge in [0.1, 0.15) is 18.2 Å². The van der Waals surface area contributed by atoms with Crippen LogP contribution in [0.1, 0.15) is 32.9 Å². The van der Waals surface area contributed by atoms with Gasteiger partial charge in [-0.15, -0.1) is 0 Å². The third-order valence-corrected chi connectivity index (χ3v) is 7.34. The van der Waals surface area contributed by atoms with Crippen molar-refractivity contribution in [3.05, 3.63) is 143 Å². The highest BCUT2D eigenvalue weighted by molar-refractivity contribution is 5.97. The van der Waals surface area contributed by atoms with Crippen LogP contribution < -0.4 is 10.1 Å². The number of alkyl halides is 3. The fraction of sp³-hybridized carbons (Fsp3) is 0.143. The molecule has 0 atom stereocenters. The van der Waals surface area contributed by atoms with Gasteiger partial charge in [0.25, 0.3) is 5.91 Å². The van der Waals surface area contributed by atoms with Gasteiger partial charge >= 0.3 is 6.18 Å². The Balaban J connectivity index is 1.26. The molecule has 0 unspecified atom stereocenters. The molecule has 6 aromatic rings. The van der Waals surface area contributed by atoms with Crippen molar-refractivity contribution in [2.45, 2.75) is 25.7 Å². The number of carbonyl (C=O) groups excluding carboxylic acids is 1. The van der Waals surface area contributed by atoms with Gasteiger partial charge in [0.05, 0.1) is 16.6 Å². The first-order valence-corrected chi connectivity index (χ1v) is 13.9. The van der Waals surface area contributed by atoms with Crippen LogP contribution in [-0.4, -0.2) is 22.0 Å². The zero-order valence-electron chi connectivity index (χ0n) is 23.1. The lowest BCUT2D eigenvalue weighted by Gasteiger charge is -2.12. The van der Waals surface area contributed by atoms with Gasteiger partial charge in [-0.1, -0.05) is 72.8 Å². The Bertz CT molecular complexity index is 1880. The predicted molar refractivity (Wildman–Crippen MR) is 161 cm³/mol. The molecule has 5 aromatic carbocycles. The van der Waals surface area contributed by atoms with E-state index in [0.717, 1.165) is 34.0 Å². The van der Waals surface area contributed by atoms with Gasteiger partial charge in [0.15, 0.2) is 0 Å². The summed E-state index contributed by atoms with van der Waals surface area (Å²) in [6.45, 7) is 0.911. The summed E-state index contributed by atoms with van der Waals surface area (Å²) in [6.07, 6.45) is -3.69. The number of carbonyl (C=O) groups is 1. The molecule has 0 fully saturated rings. The minimum absolute atomic E-state index is 0.131. The van der Waals surface area contributed by atoms with Crippen LogP contribution in [0.25, 0.3) is 21.8 Å². The van der Waals surface area contributed by atoms with Gasteiger partial charge < -0.3 is 14.6 Å². The zero-order chi connectivity index (χ0) is 29.8. The van der Waals surface area contributed by atoms with Crippen LogP contribution in [0.3, 0.4) is 0 Å². The molecule has 0 saturated heterocycles. The lowest BCUT2D eigenvalue weighted by atomic mass is 10.1. The molecule has 8 heteroatoms. The number of rotatable bonds is 9. The van der Waals surface area contributed by atoms with Gasteiger partial charge in [-0.2, -0.15) is 13.2 Å². The lowest BCUT2D eigenvalue weighted by Crippen LogP contribution is -2.25. The molecule has 0 spiro atoms. The summed E-state index contributed by atoms with van der Waals surface area (Å²) in [5, 5.41) is 5.10. The Labute approximate surface area is 246 Å². The number of ether oxygens (including phenoxy) is 1. The molecular weight excluding hydrogens is 551 g/mol. The third-order valence-electron chi connectivity index (χ3n) is 7.34. The molecule has 43 heavy (non-hydrogen) atoms. The average Bonchev–Trinajstić information content (AvgIpc) is 3.36. The summed E-state index contributed by atoms with van der Waals surface area (Å²) in [7, 11) is 0. The van der Waals surface area contributed by atoms with Crippen molar-refractivity contribution in [3.8, 4) is 5.75 Å². The maximum Gasteiger partial charge on any atom is 0.416 e. The third kappa shape index (κ3) is 6.54. The minimum Gasteiger partial charge on any atom is -0.486 e. The molecule has 1 N–H and O–H groups in total. The van der Waals surface area contributed by atoms with E-state index in [-0.39, 0.29) is 19.1 Å². The molecule has 5 nitrogen and oxygen atoms in total. The summed E-state index contributed by atoms with van der Waals surface area (Å²) in [6, 6.07) is 34.1. The van der Waals surface area contributed by atoms with Gasteiger partial charge in [-0.25, -0.2) is 4.98 Å². The van der Waals surface area contributed by atoms with E-state index in [2.05, 4.69) is 5.32 Å². The van der Waals surface area contributed by atoms with Crippen molar-refractivity contribution in [2.24, 2.45) is 0 Å². The second-order valence-electron chi connectivity index (χ2n) is 10.3.